The third-order valence-electron chi connectivity index (χ3n) is 4.73. The fraction of sp³-hybridized carbons (Fsp3) is 0.391. The number of hydrogen-bond acceptors (Lipinski definition) is 5. The van der Waals surface area contributed by atoms with Crippen LogP contribution in [0, 0.1) is 11.6 Å². The summed E-state index contributed by atoms with van der Waals surface area (Å²) in [5.74, 6) is -2.86. The van der Waals surface area contributed by atoms with E-state index in [4.69, 9.17) is 9.47 Å². The summed E-state index contributed by atoms with van der Waals surface area (Å²) in [7, 11) is -0.544. The summed E-state index contributed by atoms with van der Waals surface area (Å²) in [5.41, 5.74) is -1.76. The molecule has 1 unspecified atom stereocenters. The number of amides is 1. The third kappa shape index (κ3) is 7.06. The first kappa shape index (κ1) is 26.4. The quantitative estimate of drug-likeness (QED) is 0.539. The van der Waals surface area contributed by atoms with Gasteiger partial charge in [0.25, 0.3) is 0 Å². The minimum absolute atomic E-state index is 0.0955. The van der Waals surface area contributed by atoms with Crippen molar-refractivity contribution < 1.29 is 32.1 Å². The van der Waals surface area contributed by atoms with Crippen molar-refractivity contribution in [2.75, 3.05) is 12.4 Å². The Morgan fingerprint density at radius 1 is 1.03 bits per heavy atom. The van der Waals surface area contributed by atoms with E-state index in [-0.39, 0.29) is 12.2 Å². The Hall–Kier alpha value is -2.85. The van der Waals surface area contributed by atoms with Gasteiger partial charge in [0.05, 0.1) is 34.8 Å². The van der Waals surface area contributed by atoms with Crippen molar-refractivity contribution in [2.45, 2.75) is 51.0 Å². The maximum absolute atomic E-state index is 15.5. The van der Waals surface area contributed by atoms with Gasteiger partial charge in [-0.25, -0.2) is 22.5 Å². The van der Waals surface area contributed by atoms with Crippen LogP contribution in [0.1, 0.15) is 45.2 Å². The smallest absolute Gasteiger partial charge is 0.412 e. The first-order valence-corrected chi connectivity index (χ1v) is 11.2. The van der Waals surface area contributed by atoms with Crippen LogP contribution in [-0.2, 0) is 37.4 Å². The summed E-state index contributed by atoms with van der Waals surface area (Å²) in [4.78, 5) is 24.2. The minimum atomic E-state index is -1.71. The molecule has 2 atom stereocenters. The molecule has 0 bridgehead atoms. The first-order valence-electron chi connectivity index (χ1n) is 10.1. The van der Waals surface area contributed by atoms with E-state index in [1.54, 1.807) is 51.1 Å². The molecule has 2 aromatic rings. The van der Waals surface area contributed by atoms with E-state index in [1.807, 2.05) is 0 Å². The molecule has 0 saturated carbocycles. The predicted octanol–water partition coefficient (Wildman–Crippen LogP) is 4.54. The van der Waals surface area contributed by atoms with E-state index in [2.05, 4.69) is 10.0 Å². The van der Waals surface area contributed by atoms with Crippen LogP contribution in [0.25, 0.3) is 0 Å². The topological polar surface area (TPSA) is 93.7 Å². The molecular weight excluding hydrogens is 454 g/mol. The highest BCUT2D eigenvalue weighted by molar-refractivity contribution is 7.84. The fourth-order valence-corrected chi connectivity index (χ4v) is 3.76. The molecule has 0 radical (unpaired) electrons. The van der Waals surface area contributed by atoms with Crippen LogP contribution in [0.2, 0.25) is 0 Å². The maximum Gasteiger partial charge on any atom is 0.412 e. The van der Waals surface area contributed by atoms with Gasteiger partial charge in [-0.3, -0.25) is 10.1 Å². The normalized spacial score (nSPS) is 14.2. The SMILES string of the molecule is COC(=O)C[C@](C)(NS(=O)C(C)(C)C)c1ccc(F)c(NC(=O)OCc2ccccc2)c1F. The molecule has 0 saturated heterocycles. The Morgan fingerprint density at radius 2 is 1.67 bits per heavy atom. The monoisotopic (exact) mass is 482 g/mol. The number of carbonyl (C=O) groups is 2. The van der Waals surface area contributed by atoms with Gasteiger partial charge in [0, 0.05) is 5.56 Å². The van der Waals surface area contributed by atoms with Gasteiger partial charge >= 0.3 is 12.1 Å². The number of nitrogens with one attached hydrogen (secondary N) is 2. The standard InChI is InChI=1S/C23H28F2N2O5S/c1-22(2,3)33(30)27-23(4,13-18(28)31-5)16-11-12-17(24)20(19(16)25)26-21(29)32-14-15-9-7-6-8-10-15/h6-12,27H,13-14H2,1-5H3,(H,26,29)/t23-,33?/m0/s1. The van der Waals surface area contributed by atoms with Crippen molar-refractivity contribution in [1.29, 1.82) is 0 Å². The highest BCUT2D eigenvalue weighted by Gasteiger charge is 2.38. The van der Waals surface area contributed by atoms with Crippen molar-refractivity contribution in [2.24, 2.45) is 0 Å². The van der Waals surface area contributed by atoms with Gasteiger partial charge < -0.3 is 9.47 Å². The number of ether oxygens (including phenoxy) is 2. The third-order valence-corrected chi connectivity index (χ3v) is 6.47. The van der Waals surface area contributed by atoms with Gasteiger partial charge in [0.1, 0.15) is 18.1 Å². The summed E-state index contributed by atoms with van der Waals surface area (Å²) in [6, 6.07) is 10.9. The van der Waals surface area contributed by atoms with E-state index < -0.39 is 57.1 Å². The zero-order chi connectivity index (χ0) is 24.8. The number of hydrogen-bond donors (Lipinski definition) is 2. The fourth-order valence-electron chi connectivity index (χ4n) is 2.86. The van der Waals surface area contributed by atoms with Gasteiger partial charge in [-0.05, 0) is 39.3 Å². The van der Waals surface area contributed by atoms with Gasteiger partial charge in [0.15, 0.2) is 5.82 Å². The molecule has 2 aromatic carbocycles. The van der Waals surface area contributed by atoms with E-state index in [1.165, 1.54) is 14.0 Å². The molecule has 0 spiro atoms. The van der Waals surface area contributed by atoms with Crippen LogP contribution in [0.4, 0.5) is 19.3 Å². The highest BCUT2D eigenvalue weighted by Crippen LogP contribution is 2.34. The Morgan fingerprint density at radius 3 is 2.24 bits per heavy atom. The van der Waals surface area contributed by atoms with Gasteiger partial charge in [-0.1, -0.05) is 36.4 Å². The summed E-state index contributed by atoms with van der Waals surface area (Å²) in [6.07, 6.45) is -1.46. The summed E-state index contributed by atoms with van der Waals surface area (Å²) in [5, 5.41) is 2.08. The molecule has 0 aliphatic carbocycles. The molecule has 0 aromatic heterocycles. The molecule has 1 amide bonds. The van der Waals surface area contributed by atoms with E-state index in [0.29, 0.717) is 5.56 Å². The van der Waals surface area contributed by atoms with Gasteiger partial charge in [-0.2, -0.15) is 0 Å². The maximum atomic E-state index is 15.5. The number of methoxy groups -OCH3 is 1. The Kier molecular flexibility index (Phi) is 8.68. The number of anilines is 1. The number of benzene rings is 2. The summed E-state index contributed by atoms with van der Waals surface area (Å²) >= 11 is 0. The van der Waals surface area contributed by atoms with Gasteiger partial charge in [0.2, 0.25) is 0 Å². The molecule has 33 heavy (non-hydrogen) atoms. The molecular formula is C23H28F2N2O5S. The lowest BCUT2D eigenvalue weighted by atomic mass is 9.88. The lowest BCUT2D eigenvalue weighted by Crippen LogP contribution is -2.48. The largest absolute Gasteiger partial charge is 0.469 e. The molecule has 0 aliphatic heterocycles. The molecule has 10 heteroatoms. The van der Waals surface area contributed by atoms with Crippen LogP contribution < -0.4 is 10.0 Å². The number of carbonyl (C=O) groups excluding carboxylic acids is 2. The van der Waals surface area contributed by atoms with Crippen molar-refractivity contribution in [1.82, 2.24) is 4.72 Å². The molecule has 2 rings (SSSR count). The van der Waals surface area contributed by atoms with E-state index in [0.717, 1.165) is 12.1 Å². The second-order valence-electron chi connectivity index (χ2n) is 8.54. The predicted molar refractivity (Wildman–Crippen MR) is 122 cm³/mol. The van der Waals surface area contributed by atoms with Crippen LogP contribution in [0.15, 0.2) is 42.5 Å². The van der Waals surface area contributed by atoms with Crippen LogP contribution in [0.5, 0.6) is 0 Å². The van der Waals surface area contributed by atoms with Crippen molar-refractivity contribution >= 4 is 28.7 Å². The minimum Gasteiger partial charge on any atom is -0.469 e. The molecule has 0 heterocycles. The average molecular weight is 483 g/mol. The summed E-state index contributed by atoms with van der Waals surface area (Å²) < 4.78 is 54.4. The summed E-state index contributed by atoms with van der Waals surface area (Å²) in [6.45, 7) is 6.45. The van der Waals surface area contributed by atoms with Crippen molar-refractivity contribution in [3.63, 3.8) is 0 Å². The Balaban J connectivity index is 2.35. The van der Waals surface area contributed by atoms with Crippen LogP contribution >= 0.6 is 0 Å². The number of halogens is 2. The van der Waals surface area contributed by atoms with Crippen LogP contribution in [0.3, 0.4) is 0 Å². The van der Waals surface area contributed by atoms with Gasteiger partial charge in [-0.15, -0.1) is 0 Å². The molecule has 0 fully saturated rings. The Bertz CT molecular complexity index is 1030. The molecule has 7 nitrogen and oxygen atoms in total. The molecule has 180 valence electrons. The van der Waals surface area contributed by atoms with E-state index in [9.17, 15) is 18.2 Å². The second kappa shape index (κ2) is 10.8. The molecule has 0 aliphatic rings. The lowest BCUT2D eigenvalue weighted by Gasteiger charge is -2.33. The number of esters is 1. The second-order valence-corrected chi connectivity index (χ2v) is 10.5. The zero-order valence-electron chi connectivity index (χ0n) is 19.2. The zero-order valence-corrected chi connectivity index (χ0v) is 20.0. The lowest BCUT2D eigenvalue weighted by molar-refractivity contribution is -0.142. The highest BCUT2D eigenvalue weighted by atomic mass is 32.2. The van der Waals surface area contributed by atoms with Crippen LogP contribution in [-0.4, -0.2) is 28.1 Å². The molecule has 2 N–H and O–H groups in total. The first-order chi connectivity index (χ1) is 15.4. The van der Waals surface area contributed by atoms with E-state index >= 15 is 4.39 Å². The number of rotatable bonds is 8. The Labute approximate surface area is 194 Å². The van der Waals surface area contributed by atoms with Crippen molar-refractivity contribution in [3.8, 4) is 0 Å². The van der Waals surface area contributed by atoms with Crippen molar-refractivity contribution in [3.05, 3.63) is 65.2 Å². The average Bonchev–Trinajstić information content (AvgIpc) is 2.74.